The molecule has 1 amide bonds. The van der Waals surface area contributed by atoms with E-state index in [0.717, 1.165) is 31.4 Å². The molecule has 0 rings (SSSR count). The lowest BCUT2D eigenvalue weighted by Crippen LogP contribution is -2.40. The van der Waals surface area contributed by atoms with Crippen LogP contribution in [0.15, 0.2) is 0 Å². The number of carboxylic acids is 1. The Hall–Kier alpha value is -0.730. The Morgan fingerprint density at radius 2 is 1.74 bits per heavy atom. The first-order chi connectivity index (χ1) is 12.8. The van der Waals surface area contributed by atoms with Gasteiger partial charge in [-0.05, 0) is 56.7 Å². The SMILES string of the molecule is CC(C)CC(=O)SC(CCS)CCCCC(=O)N[C@@H](CCCCN)C(=O)O. The Kier molecular flexibility index (Phi) is 15.8. The molecule has 0 saturated heterocycles. The fourth-order valence-corrected chi connectivity index (χ4v) is 4.46. The van der Waals surface area contributed by atoms with Crippen molar-refractivity contribution in [3.63, 3.8) is 0 Å². The molecule has 27 heavy (non-hydrogen) atoms. The number of unbranched alkanes of at least 4 members (excludes halogenated alkanes) is 2. The number of carbonyl (C=O) groups excluding carboxylic acids is 2. The molecular weight excluding hydrogens is 384 g/mol. The van der Waals surface area contributed by atoms with E-state index in [2.05, 4.69) is 17.9 Å². The highest BCUT2D eigenvalue weighted by Crippen LogP contribution is 2.25. The van der Waals surface area contributed by atoms with Crippen molar-refractivity contribution in [2.75, 3.05) is 12.3 Å². The lowest BCUT2D eigenvalue weighted by Gasteiger charge is -2.16. The van der Waals surface area contributed by atoms with Crippen LogP contribution < -0.4 is 11.1 Å². The number of thioether (sulfide) groups is 1. The fourth-order valence-electron chi connectivity index (χ4n) is 2.65. The van der Waals surface area contributed by atoms with Crippen molar-refractivity contribution in [3.8, 4) is 0 Å². The van der Waals surface area contributed by atoms with Gasteiger partial charge in [0.2, 0.25) is 5.91 Å². The molecule has 2 atom stereocenters. The van der Waals surface area contributed by atoms with Gasteiger partial charge < -0.3 is 16.2 Å². The molecule has 1 unspecified atom stereocenters. The molecule has 0 bridgehead atoms. The van der Waals surface area contributed by atoms with Crippen LogP contribution in [0.2, 0.25) is 0 Å². The van der Waals surface area contributed by atoms with Crippen molar-refractivity contribution < 1.29 is 19.5 Å². The maximum absolute atomic E-state index is 12.0. The molecule has 6 nitrogen and oxygen atoms in total. The first-order valence-electron chi connectivity index (χ1n) is 9.82. The average molecular weight is 421 g/mol. The molecular formula is C19H36N2O4S2. The van der Waals surface area contributed by atoms with E-state index in [4.69, 9.17) is 5.73 Å². The number of thiol groups is 1. The van der Waals surface area contributed by atoms with E-state index < -0.39 is 12.0 Å². The van der Waals surface area contributed by atoms with Gasteiger partial charge in [-0.3, -0.25) is 9.59 Å². The minimum absolute atomic E-state index is 0.219. The highest BCUT2D eigenvalue weighted by Gasteiger charge is 2.19. The van der Waals surface area contributed by atoms with Gasteiger partial charge in [-0.25, -0.2) is 4.79 Å². The van der Waals surface area contributed by atoms with Crippen LogP contribution in [0.3, 0.4) is 0 Å². The molecule has 0 aromatic rings. The number of carbonyl (C=O) groups is 3. The minimum atomic E-state index is -1.01. The van der Waals surface area contributed by atoms with Crippen LogP contribution in [0.4, 0.5) is 0 Å². The molecule has 0 saturated carbocycles. The summed E-state index contributed by atoms with van der Waals surface area (Å²) >= 11 is 5.68. The van der Waals surface area contributed by atoms with Crippen LogP contribution >= 0.6 is 24.4 Å². The molecule has 0 radical (unpaired) electrons. The third-order valence-electron chi connectivity index (χ3n) is 4.08. The summed E-state index contributed by atoms with van der Waals surface area (Å²) in [5.74, 6) is -0.146. The van der Waals surface area contributed by atoms with Gasteiger partial charge in [-0.1, -0.05) is 32.0 Å². The van der Waals surface area contributed by atoms with E-state index in [1.807, 2.05) is 13.8 Å². The summed E-state index contributed by atoms with van der Waals surface area (Å²) in [7, 11) is 0. The van der Waals surface area contributed by atoms with Crippen LogP contribution in [-0.2, 0) is 14.4 Å². The lowest BCUT2D eigenvalue weighted by atomic mass is 10.1. The van der Waals surface area contributed by atoms with E-state index in [-0.39, 0.29) is 16.3 Å². The first kappa shape index (κ1) is 26.3. The number of nitrogens with two attached hydrogens (primary N) is 1. The Balaban J connectivity index is 4.17. The summed E-state index contributed by atoms with van der Waals surface area (Å²) in [5.41, 5.74) is 5.41. The van der Waals surface area contributed by atoms with Crippen LogP contribution in [0, 0.1) is 5.92 Å². The van der Waals surface area contributed by atoms with Gasteiger partial charge in [-0.2, -0.15) is 12.6 Å². The van der Waals surface area contributed by atoms with E-state index >= 15 is 0 Å². The Bertz CT molecular complexity index is 447. The molecule has 4 N–H and O–H groups in total. The van der Waals surface area contributed by atoms with Gasteiger partial charge >= 0.3 is 5.97 Å². The van der Waals surface area contributed by atoms with Gasteiger partial charge in [0.05, 0.1) is 0 Å². The van der Waals surface area contributed by atoms with Gasteiger partial charge in [0.25, 0.3) is 0 Å². The highest BCUT2D eigenvalue weighted by atomic mass is 32.2. The number of nitrogens with one attached hydrogen (secondary N) is 1. The third-order valence-corrected chi connectivity index (χ3v) is 5.58. The third kappa shape index (κ3) is 14.9. The summed E-state index contributed by atoms with van der Waals surface area (Å²) in [4.78, 5) is 35.2. The van der Waals surface area contributed by atoms with Crippen molar-refractivity contribution >= 4 is 41.4 Å². The quantitative estimate of drug-likeness (QED) is 0.225. The summed E-state index contributed by atoms with van der Waals surface area (Å²) < 4.78 is 0. The summed E-state index contributed by atoms with van der Waals surface area (Å²) in [6, 6.07) is -0.842. The Morgan fingerprint density at radius 1 is 1.07 bits per heavy atom. The van der Waals surface area contributed by atoms with Crippen LogP contribution in [0.5, 0.6) is 0 Å². The molecule has 158 valence electrons. The Morgan fingerprint density at radius 3 is 2.30 bits per heavy atom. The van der Waals surface area contributed by atoms with Crippen LogP contribution in [0.1, 0.15) is 71.6 Å². The standard InChI is InChI=1S/C19H36N2O4S2/c1-14(2)13-18(23)27-15(10-12-26)7-3-4-9-17(22)21-16(19(24)25)8-5-6-11-20/h14-16,26H,3-13,20H2,1-2H3,(H,21,22)(H,24,25)/t15?,16-/m0/s1. The average Bonchev–Trinajstić information content (AvgIpc) is 2.57. The normalized spacial score (nSPS) is 13.4. The van der Waals surface area contributed by atoms with E-state index in [1.54, 1.807) is 0 Å². The number of hydrogen-bond acceptors (Lipinski definition) is 6. The molecule has 0 aromatic heterocycles. The van der Waals surface area contributed by atoms with E-state index in [0.29, 0.717) is 44.6 Å². The maximum Gasteiger partial charge on any atom is 0.326 e. The van der Waals surface area contributed by atoms with Crippen LogP contribution in [-0.4, -0.2) is 45.7 Å². The van der Waals surface area contributed by atoms with Gasteiger partial charge in [0, 0.05) is 18.1 Å². The monoisotopic (exact) mass is 420 g/mol. The Labute approximate surface area is 173 Å². The van der Waals surface area contributed by atoms with Crippen LogP contribution in [0.25, 0.3) is 0 Å². The van der Waals surface area contributed by atoms with E-state index in [1.165, 1.54) is 11.8 Å². The number of hydrogen-bond donors (Lipinski definition) is 4. The number of amides is 1. The number of carboxylic acid groups (broad SMARTS) is 1. The van der Waals surface area contributed by atoms with Crippen molar-refractivity contribution in [1.82, 2.24) is 5.32 Å². The van der Waals surface area contributed by atoms with Gasteiger partial charge in [0.15, 0.2) is 5.12 Å². The summed E-state index contributed by atoms with van der Waals surface area (Å²) in [5, 5.41) is 12.2. The second kappa shape index (κ2) is 16.2. The second-order valence-electron chi connectivity index (χ2n) is 7.21. The van der Waals surface area contributed by atoms with E-state index in [9.17, 15) is 19.5 Å². The van der Waals surface area contributed by atoms with Crippen molar-refractivity contribution in [1.29, 1.82) is 0 Å². The molecule has 0 spiro atoms. The zero-order valence-electron chi connectivity index (χ0n) is 16.6. The molecule has 0 aliphatic carbocycles. The number of rotatable bonds is 16. The molecule has 8 heteroatoms. The predicted molar refractivity (Wildman–Crippen MR) is 115 cm³/mol. The zero-order valence-corrected chi connectivity index (χ0v) is 18.3. The molecule has 0 aliphatic rings. The fraction of sp³-hybridized carbons (Fsp3) is 0.842. The molecule has 0 aliphatic heterocycles. The summed E-state index contributed by atoms with van der Waals surface area (Å²) in [6.07, 6.45) is 5.96. The van der Waals surface area contributed by atoms with Crippen molar-refractivity contribution in [2.24, 2.45) is 11.7 Å². The lowest BCUT2D eigenvalue weighted by molar-refractivity contribution is -0.142. The smallest absolute Gasteiger partial charge is 0.326 e. The van der Waals surface area contributed by atoms with Crippen molar-refractivity contribution in [2.45, 2.75) is 82.9 Å². The predicted octanol–water partition coefficient (Wildman–Crippen LogP) is 3.24. The largest absolute Gasteiger partial charge is 0.480 e. The minimum Gasteiger partial charge on any atom is -0.480 e. The van der Waals surface area contributed by atoms with Gasteiger partial charge in [0.1, 0.15) is 6.04 Å². The number of aliphatic carboxylic acids is 1. The van der Waals surface area contributed by atoms with Crippen molar-refractivity contribution in [3.05, 3.63) is 0 Å². The zero-order chi connectivity index (χ0) is 20.7. The van der Waals surface area contributed by atoms with Gasteiger partial charge in [-0.15, -0.1) is 0 Å². The second-order valence-corrected chi connectivity index (χ2v) is 9.02. The topological polar surface area (TPSA) is 109 Å². The molecule has 0 aromatic carbocycles. The summed E-state index contributed by atoms with van der Waals surface area (Å²) in [6.45, 7) is 4.58. The molecule has 0 heterocycles. The molecule has 0 fully saturated rings. The highest BCUT2D eigenvalue weighted by molar-refractivity contribution is 8.14. The first-order valence-corrected chi connectivity index (χ1v) is 11.3. The maximum atomic E-state index is 12.0.